The minimum absolute atomic E-state index is 0.303. The van der Waals surface area contributed by atoms with E-state index < -0.39 is 0 Å². The summed E-state index contributed by atoms with van der Waals surface area (Å²) in [7, 11) is 0. The summed E-state index contributed by atoms with van der Waals surface area (Å²) < 4.78 is 5.52. The summed E-state index contributed by atoms with van der Waals surface area (Å²) in [5.41, 5.74) is 5.36. The van der Waals surface area contributed by atoms with Gasteiger partial charge in [0.2, 0.25) is 0 Å². The maximum absolute atomic E-state index is 5.73. The summed E-state index contributed by atoms with van der Waals surface area (Å²) in [6.45, 7) is 6.70. The van der Waals surface area contributed by atoms with Crippen molar-refractivity contribution in [3.8, 4) is 0 Å². The molecule has 3 nitrogen and oxygen atoms in total. The first-order valence-corrected chi connectivity index (χ1v) is 4.00. The van der Waals surface area contributed by atoms with Gasteiger partial charge >= 0.3 is 0 Å². The zero-order chi connectivity index (χ0) is 8.48. The third-order valence-corrected chi connectivity index (χ3v) is 1.97. The van der Waals surface area contributed by atoms with E-state index in [1.165, 1.54) is 0 Å². The van der Waals surface area contributed by atoms with Crippen LogP contribution in [-0.4, -0.2) is 24.1 Å². The van der Waals surface area contributed by atoms with E-state index in [-0.39, 0.29) is 5.60 Å². The van der Waals surface area contributed by atoms with Gasteiger partial charge in [0, 0.05) is 6.61 Å². The molecule has 0 saturated heterocycles. The Morgan fingerprint density at radius 2 is 2.27 bits per heavy atom. The molecule has 0 aliphatic carbocycles. The maximum atomic E-state index is 5.73. The quantitative estimate of drug-likeness (QED) is 0.567. The molecule has 1 atom stereocenters. The van der Waals surface area contributed by atoms with E-state index >= 15 is 0 Å². The average molecular weight is 156 g/mol. The smallest absolute Gasteiger partial charge is 0.126 e. The third-order valence-electron chi connectivity index (χ3n) is 1.97. The second kappa shape index (κ2) is 2.81. The fourth-order valence-corrected chi connectivity index (χ4v) is 1.02. The van der Waals surface area contributed by atoms with Crippen LogP contribution in [-0.2, 0) is 4.74 Å². The minimum Gasteiger partial charge on any atom is -0.385 e. The fraction of sp³-hybridized carbons (Fsp3) is 0.875. The highest BCUT2D eigenvalue weighted by atomic mass is 16.5. The van der Waals surface area contributed by atoms with Crippen molar-refractivity contribution in [1.29, 1.82) is 0 Å². The van der Waals surface area contributed by atoms with Crippen LogP contribution in [0.4, 0.5) is 0 Å². The number of aliphatic imine (C=N–C) groups is 1. The predicted octanol–water partition coefficient (Wildman–Crippen LogP) is 0.931. The summed E-state index contributed by atoms with van der Waals surface area (Å²) >= 11 is 0. The highest BCUT2D eigenvalue weighted by Gasteiger charge is 2.26. The highest BCUT2D eigenvalue weighted by molar-refractivity contribution is 5.88. The average Bonchev–Trinajstić information content (AvgIpc) is 1.94. The van der Waals surface area contributed by atoms with E-state index in [1.807, 2.05) is 13.8 Å². The molecule has 0 aromatic rings. The van der Waals surface area contributed by atoms with E-state index in [0.29, 0.717) is 11.9 Å². The second-order valence-electron chi connectivity index (χ2n) is 3.51. The van der Waals surface area contributed by atoms with Gasteiger partial charge in [-0.3, -0.25) is 4.99 Å². The van der Waals surface area contributed by atoms with Gasteiger partial charge in [0.15, 0.2) is 0 Å². The van der Waals surface area contributed by atoms with Crippen LogP contribution in [0.25, 0.3) is 0 Å². The summed E-state index contributed by atoms with van der Waals surface area (Å²) in [5, 5.41) is 0. The second-order valence-corrected chi connectivity index (χ2v) is 3.51. The third kappa shape index (κ3) is 1.93. The predicted molar refractivity (Wildman–Crippen MR) is 45.7 cm³/mol. The topological polar surface area (TPSA) is 47.6 Å². The van der Waals surface area contributed by atoms with Crippen LogP contribution in [0.5, 0.6) is 0 Å². The molecule has 0 radical (unpaired) electrons. The molecular weight excluding hydrogens is 140 g/mol. The lowest BCUT2D eigenvalue weighted by Crippen LogP contribution is -2.40. The van der Waals surface area contributed by atoms with Gasteiger partial charge < -0.3 is 10.5 Å². The molecule has 0 aromatic carbocycles. The summed E-state index contributed by atoms with van der Waals surface area (Å²) in [6, 6.07) is 0.303. The molecular formula is C8H16N2O. The summed E-state index contributed by atoms with van der Waals surface area (Å²) in [4.78, 5) is 4.30. The van der Waals surface area contributed by atoms with Crippen molar-refractivity contribution in [3.05, 3.63) is 0 Å². The largest absolute Gasteiger partial charge is 0.385 e. The van der Waals surface area contributed by atoms with Gasteiger partial charge in [0.05, 0.1) is 6.04 Å². The molecule has 1 aliphatic heterocycles. The first kappa shape index (κ1) is 8.53. The molecule has 1 heterocycles. The number of amidine groups is 1. The molecule has 0 spiro atoms. The van der Waals surface area contributed by atoms with Gasteiger partial charge in [-0.2, -0.15) is 0 Å². The summed E-state index contributed by atoms with van der Waals surface area (Å²) in [5.74, 6) is 0.613. The first-order valence-electron chi connectivity index (χ1n) is 4.00. The fourth-order valence-electron chi connectivity index (χ4n) is 1.02. The standard InChI is InChI=1S/C8H16N2O/c1-6-4-5-11-8(2,3)7(9)10-6/h6H,4-5H2,1-3H3,(H2,9,10). The molecule has 1 rings (SSSR count). The van der Waals surface area contributed by atoms with Crippen LogP contribution in [0, 0.1) is 0 Å². The molecule has 1 unspecified atom stereocenters. The monoisotopic (exact) mass is 156 g/mol. The Labute approximate surface area is 67.6 Å². The Morgan fingerprint density at radius 1 is 1.64 bits per heavy atom. The zero-order valence-electron chi connectivity index (χ0n) is 7.42. The van der Waals surface area contributed by atoms with Crippen molar-refractivity contribution in [2.24, 2.45) is 10.7 Å². The Hall–Kier alpha value is -0.570. The van der Waals surface area contributed by atoms with Gasteiger partial charge in [0.25, 0.3) is 0 Å². The van der Waals surface area contributed by atoms with Crippen molar-refractivity contribution < 1.29 is 4.74 Å². The Bertz CT molecular complexity index is 175. The lowest BCUT2D eigenvalue weighted by molar-refractivity contribution is 0.0360. The molecule has 0 amide bonds. The van der Waals surface area contributed by atoms with Crippen LogP contribution >= 0.6 is 0 Å². The lowest BCUT2D eigenvalue weighted by Gasteiger charge is -2.22. The van der Waals surface area contributed by atoms with Gasteiger partial charge in [-0.15, -0.1) is 0 Å². The van der Waals surface area contributed by atoms with Crippen LogP contribution in [0.3, 0.4) is 0 Å². The van der Waals surface area contributed by atoms with Crippen molar-refractivity contribution in [2.45, 2.75) is 38.8 Å². The van der Waals surface area contributed by atoms with E-state index in [4.69, 9.17) is 10.5 Å². The zero-order valence-corrected chi connectivity index (χ0v) is 7.42. The Kier molecular flexibility index (Phi) is 2.18. The molecule has 0 fully saturated rings. The first-order chi connectivity index (χ1) is 5.02. The van der Waals surface area contributed by atoms with Gasteiger partial charge in [-0.05, 0) is 27.2 Å². The number of ether oxygens (including phenoxy) is 1. The minimum atomic E-state index is -0.370. The van der Waals surface area contributed by atoms with Crippen molar-refractivity contribution in [1.82, 2.24) is 0 Å². The number of hydrogen-bond acceptors (Lipinski definition) is 3. The van der Waals surface area contributed by atoms with E-state index in [2.05, 4.69) is 11.9 Å². The highest BCUT2D eigenvalue weighted by Crippen LogP contribution is 2.15. The van der Waals surface area contributed by atoms with Crippen molar-refractivity contribution in [2.75, 3.05) is 6.61 Å². The van der Waals surface area contributed by atoms with Crippen LogP contribution in [0.15, 0.2) is 4.99 Å². The molecule has 11 heavy (non-hydrogen) atoms. The van der Waals surface area contributed by atoms with Gasteiger partial charge in [-0.1, -0.05) is 0 Å². The van der Waals surface area contributed by atoms with Crippen LogP contribution in [0.2, 0.25) is 0 Å². The van der Waals surface area contributed by atoms with Crippen molar-refractivity contribution >= 4 is 5.84 Å². The molecule has 2 N–H and O–H groups in total. The number of rotatable bonds is 0. The summed E-state index contributed by atoms with van der Waals surface area (Å²) in [6.07, 6.45) is 0.962. The number of nitrogens with zero attached hydrogens (tertiary/aromatic N) is 1. The van der Waals surface area contributed by atoms with E-state index in [0.717, 1.165) is 13.0 Å². The number of nitrogens with two attached hydrogens (primary N) is 1. The molecule has 0 aromatic heterocycles. The van der Waals surface area contributed by atoms with Gasteiger partial charge in [-0.25, -0.2) is 0 Å². The van der Waals surface area contributed by atoms with Crippen LogP contribution in [0.1, 0.15) is 27.2 Å². The van der Waals surface area contributed by atoms with E-state index in [1.54, 1.807) is 0 Å². The van der Waals surface area contributed by atoms with E-state index in [9.17, 15) is 0 Å². The normalized spacial score (nSPS) is 30.8. The Balaban J connectivity index is 2.78. The molecule has 1 aliphatic rings. The lowest BCUT2D eigenvalue weighted by atomic mass is 10.1. The maximum Gasteiger partial charge on any atom is 0.126 e. The van der Waals surface area contributed by atoms with Crippen LogP contribution < -0.4 is 5.73 Å². The Morgan fingerprint density at radius 3 is 2.91 bits per heavy atom. The molecule has 64 valence electrons. The molecule has 0 bridgehead atoms. The van der Waals surface area contributed by atoms with Crippen molar-refractivity contribution in [3.63, 3.8) is 0 Å². The molecule has 0 saturated carbocycles. The number of hydrogen-bond donors (Lipinski definition) is 1. The molecule has 3 heteroatoms. The SMILES string of the molecule is CC1CCOC(C)(C)C(N)=N1. The van der Waals surface area contributed by atoms with Gasteiger partial charge in [0.1, 0.15) is 11.4 Å².